The summed E-state index contributed by atoms with van der Waals surface area (Å²) in [6, 6.07) is -0.795. The Morgan fingerprint density at radius 1 is 1.19 bits per heavy atom. The minimum atomic E-state index is -3.79. The van der Waals surface area contributed by atoms with Crippen LogP contribution in [0, 0.1) is 5.92 Å². The van der Waals surface area contributed by atoms with Crippen molar-refractivity contribution in [2.24, 2.45) is 5.92 Å². The number of nitrogens with one attached hydrogen (secondary N) is 1. The summed E-state index contributed by atoms with van der Waals surface area (Å²) in [5.74, 6) is -0.737. The number of sulfone groups is 1. The van der Waals surface area contributed by atoms with E-state index in [1.807, 2.05) is 27.7 Å². The van der Waals surface area contributed by atoms with Gasteiger partial charge in [-0.1, -0.05) is 0 Å². The SMILES string of the molecule is C[C@@H](NC(=O)OC(C)(C)C)C(=O)N1CCC[C@@H](CS(=O)(=O)c2ncc(B3OC(C)(C)C(C)(C)O3)cn2)C1. The van der Waals surface area contributed by atoms with Crippen LogP contribution in [-0.4, -0.2) is 84.1 Å². The summed E-state index contributed by atoms with van der Waals surface area (Å²) in [5, 5.41) is 2.28. The van der Waals surface area contributed by atoms with Gasteiger partial charge in [-0.05, 0) is 74.1 Å². The Morgan fingerprint density at radius 3 is 2.30 bits per heavy atom. The maximum atomic E-state index is 13.1. The second-order valence-corrected chi connectivity index (χ2v) is 13.8. The molecule has 2 fully saturated rings. The number of hydrogen-bond acceptors (Lipinski definition) is 9. The number of alkyl carbamates (subject to hydrolysis) is 1. The Morgan fingerprint density at radius 2 is 1.76 bits per heavy atom. The zero-order chi connectivity index (χ0) is 27.8. The van der Waals surface area contributed by atoms with E-state index < -0.39 is 45.9 Å². The molecule has 37 heavy (non-hydrogen) atoms. The van der Waals surface area contributed by atoms with Gasteiger partial charge in [-0.2, -0.15) is 0 Å². The van der Waals surface area contributed by atoms with Gasteiger partial charge in [0.2, 0.25) is 20.9 Å². The number of aromatic nitrogens is 2. The predicted molar refractivity (Wildman–Crippen MR) is 138 cm³/mol. The molecular weight excluding hydrogens is 499 g/mol. The van der Waals surface area contributed by atoms with Gasteiger partial charge in [0.15, 0.2) is 0 Å². The zero-order valence-corrected chi connectivity index (χ0v) is 23.8. The number of carbonyl (C=O) groups is 2. The third-order valence-corrected chi connectivity index (χ3v) is 8.52. The molecule has 11 nitrogen and oxygen atoms in total. The summed E-state index contributed by atoms with van der Waals surface area (Å²) in [6.45, 7) is 15.3. The average Bonchev–Trinajstić information content (AvgIpc) is 2.98. The molecule has 0 aromatic carbocycles. The Labute approximate surface area is 220 Å². The minimum absolute atomic E-state index is 0.180. The third-order valence-electron chi connectivity index (χ3n) is 6.84. The van der Waals surface area contributed by atoms with Gasteiger partial charge in [0.05, 0.1) is 17.0 Å². The molecule has 0 aliphatic carbocycles. The molecule has 0 bridgehead atoms. The van der Waals surface area contributed by atoms with E-state index >= 15 is 0 Å². The minimum Gasteiger partial charge on any atom is -0.444 e. The van der Waals surface area contributed by atoms with Crippen LogP contribution in [0.4, 0.5) is 4.79 Å². The Bertz CT molecular complexity index is 1090. The van der Waals surface area contributed by atoms with Gasteiger partial charge in [0.1, 0.15) is 11.6 Å². The fourth-order valence-corrected chi connectivity index (χ4v) is 5.66. The first-order valence-corrected chi connectivity index (χ1v) is 14.2. The van der Waals surface area contributed by atoms with E-state index in [9.17, 15) is 18.0 Å². The predicted octanol–water partition coefficient (Wildman–Crippen LogP) is 1.70. The number of likely N-dealkylation sites (tertiary alicyclic amines) is 1. The lowest BCUT2D eigenvalue weighted by Crippen LogP contribution is -2.51. The number of piperidine rings is 1. The smallest absolute Gasteiger partial charge is 0.444 e. The second-order valence-electron chi connectivity index (χ2n) is 11.8. The number of ether oxygens (including phenoxy) is 1. The van der Waals surface area contributed by atoms with Gasteiger partial charge in [0.25, 0.3) is 0 Å². The molecule has 1 N–H and O–H groups in total. The summed E-state index contributed by atoms with van der Waals surface area (Å²) in [7, 11) is -4.47. The van der Waals surface area contributed by atoms with Crippen molar-refractivity contribution in [3.05, 3.63) is 12.4 Å². The van der Waals surface area contributed by atoms with Crippen molar-refractivity contribution in [3.8, 4) is 0 Å². The van der Waals surface area contributed by atoms with Crippen molar-refractivity contribution >= 4 is 34.4 Å². The van der Waals surface area contributed by atoms with E-state index in [0.29, 0.717) is 24.8 Å². The van der Waals surface area contributed by atoms with Crippen molar-refractivity contribution in [1.82, 2.24) is 20.2 Å². The standard InChI is InChI=1S/C24H39BN4O7S/c1-16(28-21(31)34-22(2,3)4)19(30)29-11-9-10-17(14-29)15-37(32,33)20-26-12-18(13-27-20)25-35-23(5,6)24(7,8)36-25/h12-13,16-17H,9-11,14-15H2,1-8H3,(H,28,31)/t16-,17-/m1/s1. The van der Waals surface area contributed by atoms with Crippen LogP contribution in [0.5, 0.6) is 0 Å². The van der Waals surface area contributed by atoms with Crippen molar-refractivity contribution in [3.63, 3.8) is 0 Å². The molecule has 2 aliphatic rings. The Balaban J connectivity index is 1.60. The topological polar surface area (TPSA) is 137 Å². The monoisotopic (exact) mass is 538 g/mol. The maximum absolute atomic E-state index is 13.1. The highest BCUT2D eigenvalue weighted by Crippen LogP contribution is 2.36. The van der Waals surface area contributed by atoms with Crippen LogP contribution in [-0.2, 0) is 28.7 Å². The lowest BCUT2D eigenvalue weighted by Gasteiger charge is -2.34. The molecule has 13 heteroatoms. The van der Waals surface area contributed by atoms with Crippen LogP contribution in [0.15, 0.2) is 17.6 Å². The molecule has 0 spiro atoms. The van der Waals surface area contributed by atoms with Crippen LogP contribution in [0.1, 0.15) is 68.2 Å². The van der Waals surface area contributed by atoms with Crippen LogP contribution in [0.2, 0.25) is 0 Å². The molecule has 1 aromatic heterocycles. The molecule has 206 valence electrons. The molecule has 1 aromatic rings. The van der Waals surface area contributed by atoms with E-state index in [-0.39, 0.29) is 29.3 Å². The molecule has 2 atom stereocenters. The molecule has 2 saturated heterocycles. The highest BCUT2D eigenvalue weighted by molar-refractivity contribution is 7.91. The molecule has 0 radical (unpaired) electrons. The summed E-state index contributed by atoms with van der Waals surface area (Å²) in [6.07, 6.45) is 3.48. The number of nitrogens with zero attached hydrogens (tertiary/aromatic N) is 3. The fraction of sp³-hybridized carbons (Fsp3) is 0.750. The summed E-state index contributed by atoms with van der Waals surface area (Å²) in [5.41, 5.74) is -1.21. The largest absolute Gasteiger partial charge is 0.498 e. The average molecular weight is 538 g/mol. The first-order chi connectivity index (χ1) is 16.9. The van der Waals surface area contributed by atoms with Crippen molar-refractivity contribution < 1.29 is 32.1 Å². The van der Waals surface area contributed by atoms with Gasteiger partial charge in [-0.3, -0.25) is 4.79 Å². The second kappa shape index (κ2) is 10.5. The maximum Gasteiger partial charge on any atom is 0.498 e. The van der Waals surface area contributed by atoms with E-state index in [1.54, 1.807) is 32.6 Å². The quantitative estimate of drug-likeness (QED) is 0.424. The van der Waals surface area contributed by atoms with E-state index in [0.717, 1.165) is 0 Å². The zero-order valence-electron chi connectivity index (χ0n) is 23.0. The Hall–Kier alpha value is -2.25. The van der Waals surface area contributed by atoms with Gasteiger partial charge in [0, 0.05) is 30.9 Å². The third kappa shape index (κ3) is 7.20. The molecule has 0 unspecified atom stereocenters. The summed E-state index contributed by atoms with van der Waals surface area (Å²) < 4.78 is 43.3. The van der Waals surface area contributed by atoms with E-state index in [2.05, 4.69) is 15.3 Å². The summed E-state index contributed by atoms with van der Waals surface area (Å²) in [4.78, 5) is 34.7. The van der Waals surface area contributed by atoms with Crippen LogP contribution < -0.4 is 10.8 Å². The molecule has 0 saturated carbocycles. The lowest BCUT2D eigenvalue weighted by atomic mass is 9.81. The van der Waals surface area contributed by atoms with Crippen molar-refractivity contribution in [2.45, 2.75) is 96.2 Å². The summed E-state index contributed by atoms with van der Waals surface area (Å²) >= 11 is 0. The Kier molecular flexibility index (Phi) is 8.31. The van der Waals surface area contributed by atoms with Gasteiger partial charge < -0.3 is 24.3 Å². The molecule has 2 aliphatic heterocycles. The lowest BCUT2D eigenvalue weighted by molar-refractivity contribution is -0.134. The number of amides is 2. The van der Waals surface area contributed by atoms with Crippen LogP contribution in [0.3, 0.4) is 0 Å². The van der Waals surface area contributed by atoms with E-state index in [4.69, 9.17) is 14.0 Å². The number of hydrogen-bond donors (Lipinski definition) is 1. The van der Waals surface area contributed by atoms with Crippen molar-refractivity contribution in [2.75, 3.05) is 18.8 Å². The fourth-order valence-electron chi connectivity index (χ4n) is 4.19. The molecular formula is C24H39BN4O7S. The van der Waals surface area contributed by atoms with Gasteiger partial charge in [-0.15, -0.1) is 0 Å². The van der Waals surface area contributed by atoms with E-state index in [1.165, 1.54) is 12.4 Å². The van der Waals surface area contributed by atoms with Crippen LogP contribution >= 0.6 is 0 Å². The van der Waals surface area contributed by atoms with Gasteiger partial charge >= 0.3 is 13.2 Å². The number of rotatable bonds is 6. The molecule has 3 rings (SSSR count). The first kappa shape index (κ1) is 29.3. The molecule has 3 heterocycles. The number of carbonyl (C=O) groups excluding carboxylic acids is 2. The highest BCUT2D eigenvalue weighted by atomic mass is 32.2. The highest BCUT2D eigenvalue weighted by Gasteiger charge is 2.52. The van der Waals surface area contributed by atoms with Gasteiger partial charge in [-0.25, -0.2) is 23.2 Å². The normalized spacial score (nSPS) is 22.4. The van der Waals surface area contributed by atoms with Crippen LogP contribution in [0.25, 0.3) is 0 Å². The van der Waals surface area contributed by atoms with Crippen molar-refractivity contribution in [1.29, 1.82) is 0 Å². The molecule has 2 amide bonds. The first-order valence-electron chi connectivity index (χ1n) is 12.6.